The first-order valence-electron chi connectivity index (χ1n) is 11.2. The van der Waals surface area contributed by atoms with E-state index in [-0.39, 0.29) is 27.5 Å². The Morgan fingerprint density at radius 2 is 1.79 bits per heavy atom. The van der Waals surface area contributed by atoms with E-state index in [0.717, 1.165) is 12.3 Å². The molecule has 3 heterocycles. The number of anilines is 3. The molecule has 2 aromatic heterocycles. The molecule has 0 unspecified atom stereocenters. The van der Waals surface area contributed by atoms with E-state index in [0.29, 0.717) is 34.4 Å². The molecule has 1 atom stereocenters. The van der Waals surface area contributed by atoms with Crippen LogP contribution >= 0.6 is 11.6 Å². The normalized spacial score (nSPS) is 13.4. The summed E-state index contributed by atoms with van der Waals surface area (Å²) in [5, 5.41) is 24.4. The molecule has 5 rings (SSSR count). The predicted octanol–water partition coefficient (Wildman–Crippen LogP) is 7.62. The van der Waals surface area contributed by atoms with Crippen molar-refractivity contribution in [3.05, 3.63) is 100 Å². The first kappa shape index (κ1) is 25.1. The average molecular weight is 538 g/mol. The van der Waals surface area contributed by atoms with Gasteiger partial charge in [0.1, 0.15) is 6.07 Å². The van der Waals surface area contributed by atoms with Gasteiger partial charge in [0.05, 0.1) is 52.0 Å². The standard InChI is InChI=1S/C26H16ClF4N7/c27-19-8-14(36-24(21-5-6-35-38-21)16-3-1-2-4-17(16)25(29)30)7-18-22(13(10-32)11-33-23(18)19)37-15-9-20(28)26(31)34-12-15/h1-5,7-9,11-12,24-25,36H,6H2,(H,33,37)/t24-/m0/s1. The van der Waals surface area contributed by atoms with Crippen LogP contribution in [0.4, 0.5) is 34.6 Å². The second-order valence-electron chi connectivity index (χ2n) is 8.19. The Morgan fingerprint density at radius 1 is 1.00 bits per heavy atom. The van der Waals surface area contributed by atoms with Gasteiger partial charge < -0.3 is 10.6 Å². The van der Waals surface area contributed by atoms with Crippen molar-refractivity contribution in [2.45, 2.75) is 12.5 Å². The van der Waals surface area contributed by atoms with Crippen molar-refractivity contribution in [2.24, 2.45) is 10.2 Å². The number of hydrogen-bond donors (Lipinski definition) is 2. The third kappa shape index (κ3) is 4.86. The molecule has 4 aromatic rings. The van der Waals surface area contributed by atoms with E-state index in [1.54, 1.807) is 30.3 Å². The zero-order valence-corrected chi connectivity index (χ0v) is 20.0. The highest BCUT2D eigenvalue weighted by Crippen LogP contribution is 2.39. The summed E-state index contributed by atoms with van der Waals surface area (Å²) < 4.78 is 54.8. The van der Waals surface area contributed by atoms with Crippen LogP contribution < -0.4 is 10.6 Å². The van der Waals surface area contributed by atoms with Crippen LogP contribution in [0.5, 0.6) is 0 Å². The van der Waals surface area contributed by atoms with Gasteiger partial charge >= 0.3 is 0 Å². The van der Waals surface area contributed by atoms with Crippen molar-refractivity contribution in [3.8, 4) is 6.07 Å². The number of halogens is 5. The quantitative estimate of drug-likeness (QED) is 0.187. The number of nitrogens with one attached hydrogen (secondary N) is 2. The van der Waals surface area contributed by atoms with Crippen molar-refractivity contribution >= 4 is 39.6 Å². The molecule has 0 fully saturated rings. The number of nitriles is 1. The van der Waals surface area contributed by atoms with Crippen molar-refractivity contribution in [1.82, 2.24) is 9.97 Å². The van der Waals surface area contributed by atoms with E-state index in [1.807, 2.05) is 6.07 Å². The molecule has 0 saturated heterocycles. The fourth-order valence-electron chi connectivity index (χ4n) is 4.12. The lowest BCUT2D eigenvalue weighted by Gasteiger charge is -2.23. The number of nitrogens with zero attached hydrogens (tertiary/aromatic N) is 5. The van der Waals surface area contributed by atoms with Gasteiger partial charge in [-0.05, 0) is 23.8 Å². The number of benzene rings is 2. The van der Waals surface area contributed by atoms with Crippen LogP contribution in [0.2, 0.25) is 5.02 Å². The molecule has 0 spiro atoms. The van der Waals surface area contributed by atoms with Crippen molar-refractivity contribution in [1.29, 1.82) is 5.26 Å². The minimum atomic E-state index is -2.72. The molecule has 190 valence electrons. The first-order valence-corrected chi connectivity index (χ1v) is 11.5. The second kappa shape index (κ2) is 10.4. The van der Waals surface area contributed by atoms with E-state index in [4.69, 9.17) is 11.6 Å². The van der Waals surface area contributed by atoms with Crippen LogP contribution in [-0.4, -0.2) is 16.5 Å². The van der Waals surface area contributed by atoms with E-state index >= 15 is 0 Å². The Morgan fingerprint density at radius 3 is 2.47 bits per heavy atom. The summed E-state index contributed by atoms with van der Waals surface area (Å²) in [4.78, 5) is 7.62. The summed E-state index contributed by atoms with van der Waals surface area (Å²) >= 11 is 6.54. The number of alkyl halides is 2. The molecule has 2 N–H and O–H groups in total. The van der Waals surface area contributed by atoms with Gasteiger partial charge in [0.2, 0.25) is 5.95 Å². The molecule has 7 nitrogen and oxygen atoms in total. The van der Waals surface area contributed by atoms with Gasteiger partial charge in [0, 0.05) is 28.9 Å². The lowest BCUT2D eigenvalue weighted by atomic mass is 9.97. The number of fused-ring (bicyclic) bond motifs is 1. The molecule has 12 heteroatoms. The highest BCUT2D eigenvalue weighted by molar-refractivity contribution is 6.36. The summed E-state index contributed by atoms with van der Waals surface area (Å²) in [7, 11) is 0. The highest BCUT2D eigenvalue weighted by atomic mass is 35.5. The van der Waals surface area contributed by atoms with Crippen LogP contribution in [0.25, 0.3) is 10.9 Å². The van der Waals surface area contributed by atoms with Gasteiger partial charge in [-0.15, -0.1) is 0 Å². The zero-order valence-electron chi connectivity index (χ0n) is 19.3. The number of pyridine rings is 2. The Labute approximate surface area is 218 Å². The van der Waals surface area contributed by atoms with Gasteiger partial charge in [-0.3, -0.25) is 4.98 Å². The fraction of sp³-hybridized carbons (Fsp3) is 0.115. The van der Waals surface area contributed by atoms with Gasteiger partial charge in [-0.2, -0.15) is 19.9 Å². The summed E-state index contributed by atoms with van der Waals surface area (Å²) in [6.45, 7) is 0.314. The lowest BCUT2D eigenvalue weighted by Crippen LogP contribution is -2.15. The average Bonchev–Trinajstić information content (AvgIpc) is 3.44. The molecule has 0 aliphatic carbocycles. The zero-order chi connectivity index (χ0) is 26.8. The molecule has 0 saturated carbocycles. The van der Waals surface area contributed by atoms with Gasteiger partial charge in [0.15, 0.2) is 5.82 Å². The molecule has 0 bridgehead atoms. The maximum atomic E-state index is 13.9. The predicted molar refractivity (Wildman–Crippen MR) is 134 cm³/mol. The summed E-state index contributed by atoms with van der Waals surface area (Å²) in [5.74, 6) is -2.44. The lowest BCUT2D eigenvalue weighted by molar-refractivity contribution is 0.150. The Bertz CT molecular complexity index is 1650. The Kier molecular flexibility index (Phi) is 6.89. The van der Waals surface area contributed by atoms with E-state index in [9.17, 15) is 22.8 Å². The molecule has 2 aromatic carbocycles. The maximum Gasteiger partial charge on any atom is 0.264 e. The number of azo groups is 1. The molecule has 1 aliphatic heterocycles. The van der Waals surface area contributed by atoms with Gasteiger partial charge in [0.25, 0.3) is 6.43 Å². The summed E-state index contributed by atoms with van der Waals surface area (Å²) in [5.41, 5.74) is 1.72. The van der Waals surface area contributed by atoms with Crippen LogP contribution in [0.1, 0.15) is 29.2 Å². The minimum absolute atomic E-state index is 0.0858. The molecular formula is C26H16ClF4N7. The monoisotopic (exact) mass is 537 g/mol. The van der Waals surface area contributed by atoms with Crippen molar-refractivity contribution in [3.63, 3.8) is 0 Å². The van der Waals surface area contributed by atoms with Gasteiger partial charge in [-0.25, -0.2) is 18.2 Å². The number of hydrogen-bond acceptors (Lipinski definition) is 7. The van der Waals surface area contributed by atoms with Gasteiger partial charge in [-0.1, -0.05) is 35.9 Å². The Balaban J connectivity index is 1.63. The van der Waals surface area contributed by atoms with Crippen molar-refractivity contribution in [2.75, 3.05) is 17.2 Å². The smallest absolute Gasteiger partial charge is 0.264 e. The molecule has 1 aliphatic rings. The second-order valence-corrected chi connectivity index (χ2v) is 8.60. The first-order chi connectivity index (χ1) is 18.4. The molecule has 38 heavy (non-hydrogen) atoms. The minimum Gasteiger partial charge on any atom is -0.373 e. The largest absolute Gasteiger partial charge is 0.373 e. The summed E-state index contributed by atoms with van der Waals surface area (Å²) in [6.07, 6.45) is 1.37. The Hall–Kier alpha value is -4.56. The van der Waals surface area contributed by atoms with Crippen LogP contribution in [0.3, 0.4) is 0 Å². The van der Waals surface area contributed by atoms with Crippen molar-refractivity contribution < 1.29 is 17.6 Å². The SMILES string of the molecule is N#Cc1cnc2c(Cl)cc(N[C@H](C3=CCN=N3)c3ccccc3C(F)F)cc2c1Nc1cnc(F)c(F)c1. The fourth-order valence-corrected chi connectivity index (χ4v) is 4.39. The van der Waals surface area contributed by atoms with E-state index < -0.39 is 24.2 Å². The topological polar surface area (TPSA) is 98.4 Å². The molecule has 0 amide bonds. The maximum absolute atomic E-state index is 13.9. The van der Waals surface area contributed by atoms with Crippen LogP contribution in [0.15, 0.2) is 76.9 Å². The molecular weight excluding hydrogens is 522 g/mol. The third-order valence-electron chi connectivity index (χ3n) is 5.83. The van der Waals surface area contributed by atoms with Crippen LogP contribution in [-0.2, 0) is 0 Å². The van der Waals surface area contributed by atoms with Crippen LogP contribution in [0, 0.1) is 23.1 Å². The number of aromatic nitrogens is 2. The molecule has 0 radical (unpaired) electrons. The number of rotatable bonds is 7. The van der Waals surface area contributed by atoms with E-state index in [2.05, 4.69) is 30.8 Å². The highest BCUT2D eigenvalue weighted by Gasteiger charge is 2.25. The summed E-state index contributed by atoms with van der Waals surface area (Å²) in [6, 6.07) is 11.4. The van der Waals surface area contributed by atoms with E-state index in [1.165, 1.54) is 18.3 Å². The third-order valence-corrected chi connectivity index (χ3v) is 6.12.